The van der Waals surface area contributed by atoms with Gasteiger partial charge in [0, 0.05) is 0 Å². The summed E-state index contributed by atoms with van der Waals surface area (Å²) in [7, 11) is 0. The second kappa shape index (κ2) is 5.56. The molecule has 0 aromatic carbocycles. The SMILES string of the molecule is CCCCCCC(C1CC1)C1C(C)CC1C. The van der Waals surface area contributed by atoms with Crippen molar-refractivity contribution in [3.8, 4) is 0 Å². The van der Waals surface area contributed by atoms with Gasteiger partial charge in [-0.15, -0.1) is 0 Å². The Hall–Kier alpha value is 0. The number of hydrogen-bond acceptors (Lipinski definition) is 0. The van der Waals surface area contributed by atoms with Crippen LogP contribution in [0.25, 0.3) is 0 Å². The van der Waals surface area contributed by atoms with Crippen molar-refractivity contribution in [3.63, 3.8) is 0 Å². The summed E-state index contributed by atoms with van der Waals surface area (Å²) < 4.78 is 0. The van der Waals surface area contributed by atoms with Crippen molar-refractivity contribution in [3.05, 3.63) is 0 Å². The molecule has 0 heteroatoms. The largest absolute Gasteiger partial charge is 0.0654 e. The van der Waals surface area contributed by atoms with Crippen molar-refractivity contribution >= 4 is 0 Å². The highest BCUT2D eigenvalue weighted by molar-refractivity contribution is 4.94. The van der Waals surface area contributed by atoms with E-state index in [2.05, 4.69) is 20.8 Å². The van der Waals surface area contributed by atoms with E-state index >= 15 is 0 Å². The minimum Gasteiger partial charge on any atom is -0.0654 e. The quantitative estimate of drug-likeness (QED) is 0.514. The standard InChI is InChI=1S/C16H30/c1-4-5-6-7-8-15(14-9-10-14)16-12(2)11-13(16)3/h12-16H,4-11H2,1-3H3. The predicted octanol–water partition coefficient (Wildman–Crippen LogP) is 5.28. The first-order valence-corrected chi connectivity index (χ1v) is 7.74. The smallest absolute Gasteiger partial charge is 0.0331 e. The van der Waals surface area contributed by atoms with Gasteiger partial charge in [0.15, 0.2) is 0 Å². The fourth-order valence-electron chi connectivity index (χ4n) is 4.18. The van der Waals surface area contributed by atoms with Gasteiger partial charge in [-0.1, -0.05) is 46.5 Å². The molecule has 0 N–H and O–H groups in total. The van der Waals surface area contributed by atoms with Crippen LogP contribution in [0.5, 0.6) is 0 Å². The summed E-state index contributed by atoms with van der Waals surface area (Å²) >= 11 is 0. The van der Waals surface area contributed by atoms with Gasteiger partial charge < -0.3 is 0 Å². The van der Waals surface area contributed by atoms with E-state index in [-0.39, 0.29) is 0 Å². The summed E-state index contributed by atoms with van der Waals surface area (Å²) in [6.07, 6.45) is 12.0. The normalized spacial score (nSPS) is 35.8. The number of rotatable bonds is 7. The summed E-state index contributed by atoms with van der Waals surface area (Å²) in [5, 5.41) is 0. The van der Waals surface area contributed by atoms with Crippen molar-refractivity contribution in [2.24, 2.45) is 29.6 Å². The van der Waals surface area contributed by atoms with E-state index in [9.17, 15) is 0 Å². The lowest BCUT2D eigenvalue weighted by Crippen LogP contribution is -2.39. The van der Waals surface area contributed by atoms with Crippen LogP contribution in [0.15, 0.2) is 0 Å². The van der Waals surface area contributed by atoms with Crippen LogP contribution < -0.4 is 0 Å². The van der Waals surface area contributed by atoms with E-state index < -0.39 is 0 Å². The predicted molar refractivity (Wildman–Crippen MR) is 71.4 cm³/mol. The molecule has 0 spiro atoms. The molecule has 2 aliphatic carbocycles. The molecule has 3 unspecified atom stereocenters. The summed E-state index contributed by atoms with van der Waals surface area (Å²) in [4.78, 5) is 0. The average molecular weight is 222 g/mol. The molecule has 2 aliphatic rings. The zero-order valence-corrected chi connectivity index (χ0v) is 11.5. The molecule has 0 amide bonds. The van der Waals surface area contributed by atoms with E-state index in [1.165, 1.54) is 32.1 Å². The zero-order valence-electron chi connectivity index (χ0n) is 11.5. The summed E-state index contributed by atoms with van der Waals surface area (Å²) in [6.45, 7) is 7.30. The lowest BCUT2D eigenvalue weighted by molar-refractivity contribution is 0.0264. The topological polar surface area (TPSA) is 0 Å². The van der Waals surface area contributed by atoms with Crippen LogP contribution in [-0.2, 0) is 0 Å². The molecule has 2 saturated carbocycles. The van der Waals surface area contributed by atoms with Gasteiger partial charge in [0.2, 0.25) is 0 Å². The van der Waals surface area contributed by atoms with Crippen LogP contribution in [0, 0.1) is 29.6 Å². The Bertz CT molecular complexity index is 196. The van der Waals surface area contributed by atoms with Crippen molar-refractivity contribution in [1.82, 2.24) is 0 Å². The fourth-order valence-corrected chi connectivity index (χ4v) is 4.18. The van der Waals surface area contributed by atoms with Crippen molar-refractivity contribution < 1.29 is 0 Å². The maximum atomic E-state index is 2.49. The van der Waals surface area contributed by atoms with E-state index in [1.54, 1.807) is 19.3 Å². The third-order valence-electron chi connectivity index (χ3n) is 5.17. The van der Waals surface area contributed by atoms with Crippen LogP contribution in [-0.4, -0.2) is 0 Å². The second-order valence-electron chi connectivity index (χ2n) is 6.62. The first kappa shape index (κ1) is 12.5. The Morgan fingerprint density at radius 2 is 1.69 bits per heavy atom. The highest BCUT2D eigenvalue weighted by Crippen LogP contribution is 2.53. The minimum atomic E-state index is 1.03. The van der Waals surface area contributed by atoms with Gasteiger partial charge in [-0.3, -0.25) is 0 Å². The van der Waals surface area contributed by atoms with E-state index in [0.29, 0.717) is 0 Å². The number of hydrogen-bond donors (Lipinski definition) is 0. The Labute approximate surface area is 102 Å². The molecule has 16 heavy (non-hydrogen) atoms. The fraction of sp³-hybridized carbons (Fsp3) is 1.00. The van der Waals surface area contributed by atoms with E-state index in [4.69, 9.17) is 0 Å². The number of unbranched alkanes of at least 4 members (excludes halogenated alkanes) is 3. The maximum Gasteiger partial charge on any atom is -0.0331 e. The molecule has 2 rings (SSSR count). The third-order valence-corrected chi connectivity index (χ3v) is 5.17. The average Bonchev–Trinajstić information content (AvgIpc) is 3.06. The molecule has 3 atom stereocenters. The molecule has 2 fully saturated rings. The van der Waals surface area contributed by atoms with Crippen LogP contribution in [0.3, 0.4) is 0 Å². The molecule has 0 aromatic heterocycles. The van der Waals surface area contributed by atoms with Crippen LogP contribution in [0.1, 0.15) is 72.1 Å². The minimum absolute atomic E-state index is 1.03. The molecule has 0 bridgehead atoms. The Balaban J connectivity index is 1.76. The molecular weight excluding hydrogens is 192 g/mol. The monoisotopic (exact) mass is 222 g/mol. The molecule has 0 saturated heterocycles. The summed E-state index contributed by atoms with van der Waals surface area (Å²) in [6, 6.07) is 0. The van der Waals surface area contributed by atoms with Gasteiger partial charge in [-0.2, -0.15) is 0 Å². The summed E-state index contributed by atoms with van der Waals surface area (Å²) in [5.74, 6) is 5.40. The van der Waals surface area contributed by atoms with Crippen LogP contribution in [0.2, 0.25) is 0 Å². The highest BCUT2D eigenvalue weighted by atomic mass is 14.5. The summed E-state index contributed by atoms with van der Waals surface area (Å²) in [5.41, 5.74) is 0. The van der Waals surface area contributed by atoms with Crippen LogP contribution >= 0.6 is 0 Å². The van der Waals surface area contributed by atoms with Gasteiger partial charge in [-0.05, 0) is 55.3 Å². The van der Waals surface area contributed by atoms with Crippen molar-refractivity contribution in [1.29, 1.82) is 0 Å². The lowest BCUT2D eigenvalue weighted by atomic mass is 9.59. The molecule has 94 valence electrons. The molecule has 0 aliphatic heterocycles. The Kier molecular flexibility index (Phi) is 4.33. The van der Waals surface area contributed by atoms with Gasteiger partial charge >= 0.3 is 0 Å². The van der Waals surface area contributed by atoms with E-state index in [1.807, 2.05) is 0 Å². The molecular formula is C16H30. The maximum absolute atomic E-state index is 2.49. The highest BCUT2D eigenvalue weighted by Gasteiger charge is 2.45. The molecule has 0 heterocycles. The first-order valence-electron chi connectivity index (χ1n) is 7.74. The van der Waals surface area contributed by atoms with Crippen molar-refractivity contribution in [2.75, 3.05) is 0 Å². The Morgan fingerprint density at radius 1 is 1.00 bits per heavy atom. The van der Waals surface area contributed by atoms with Crippen molar-refractivity contribution in [2.45, 2.75) is 72.1 Å². The van der Waals surface area contributed by atoms with Gasteiger partial charge in [0.25, 0.3) is 0 Å². The third kappa shape index (κ3) is 2.81. The first-order chi connectivity index (χ1) is 7.74. The van der Waals surface area contributed by atoms with Crippen LogP contribution in [0.4, 0.5) is 0 Å². The lowest BCUT2D eigenvalue weighted by Gasteiger charge is -2.46. The molecule has 0 radical (unpaired) electrons. The van der Waals surface area contributed by atoms with Gasteiger partial charge in [0.1, 0.15) is 0 Å². The Morgan fingerprint density at radius 3 is 2.19 bits per heavy atom. The van der Waals surface area contributed by atoms with Gasteiger partial charge in [0.05, 0.1) is 0 Å². The second-order valence-corrected chi connectivity index (χ2v) is 6.62. The molecule has 0 nitrogen and oxygen atoms in total. The van der Waals surface area contributed by atoms with E-state index in [0.717, 1.165) is 29.6 Å². The van der Waals surface area contributed by atoms with Gasteiger partial charge in [-0.25, -0.2) is 0 Å². The zero-order chi connectivity index (χ0) is 11.5. The molecule has 0 aromatic rings.